The van der Waals surface area contributed by atoms with Gasteiger partial charge in [-0.15, -0.1) is 0 Å². The van der Waals surface area contributed by atoms with E-state index in [1.807, 2.05) is 24.3 Å². The molecule has 2 saturated heterocycles. The first-order chi connectivity index (χ1) is 16.5. The molecular weight excluding hydrogens is 438 g/mol. The third-order valence-electron chi connectivity index (χ3n) is 6.62. The van der Waals surface area contributed by atoms with Crippen molar-refractivity contribution in [1.82, 2.24) is 20.2 Å². The fraction of sp³-hybridized carbons (Fsp3) is 0.346. The summed E-state index contributed by atoms with van der Waals surface area (Å²) in [5.74, 6) is -0.784. The molecule has 1 aromatic heterocycles. The Labute approximate surface area is 197 Å². The van der Waals surface area contributed by atoms with Crippen molar-refractivity contribution in [3.05, 3.63) is 83.7 Å². The second-order valence-corrected chi connectivity index (χ2v) is 9.12. The van der Waals surface area contributed by atoms with Crippen LogP contribution in [0.4, 0.5) is 8.78 Å². The number of rotatable bonds is 5. The Kier molecular flexibility index (Phi) is 6.24. The Morgan fingerprint density at radius 2 is 1.85 bits per heavy atom. The average molecular weight is 465 g/mol. The molecule has 2 atom stereocenters. The van der Waals surface area contributed by atoms with Crippen LogP contribution < -0.4 is 10.1 Å². The van der Waals surface area contributed by atoms with E-state index in [1.54, 1.807) is 18.5 Å². The van der Waals surface area contributed by atoms with Gasteiger partial charge in [0.1, 0.15) is 17.4 Å². The topological polar surface area (TPSA) is 67.4 Å². The van der Waals surface area contributed by atoms with Gasteiger partial charge in [0, 0.05) is 50.4 Å². The molecule has 2 aliphatic heterocycles. The molecule has 1 amide bonds. The highest BCUT2D eigenvalue weighted by atomic mass is 19.1. The van der Waals surface area contributed by atoms with E-state index in [2.05, 4.69) is 20.2 Å². The molecule has 0 bridgehead atoms. The second-order valence-electron chi connectivity index (χ2n) is 9.12. The van der Waals surface area contributed by atoms with Crippen molar-refractivity contribution < 1.29 is 18.3 Å². The first kappa shape index (κ1) is 22.4. The number of carbonyl (C=O) groups is 1. The minimum absolute atomic E-state index is 0.000478. The van der Waals surface area contributed by atoms with E-state index in [9.17, 15) is 13.6 Å². The van der Waals surface area contributed by atoms with Crippen LogP contribution in [0.25, 0.3) is 0 Å². The number of nitrogens with zero attached hydrogens (tertiary/aromatic N) is 3. The van der Waals surface area contributed by atoms with Crippen LogP contribution >= 0.6 is 0 Å². The summed E-state index contributed by atoms with van der Waals surface area (Å²) in [6.07, 6.45) is 6.19. The minimum atomic E-state index is -0.600. The molecule has 2 aromatic carbocycles. The molecule has 2 aliphatic rings. The molecule has 0 radical (unpaired) electrons. The number of likely N-dealkylation sites (tertiary alicyclic amines) is 1. The van der Waals surface area contributed by atoms with Gasteiger partial charge < -0.3 is 10.1 Å². The number of amides is 1. The average Bonchev–Trinajstić information content (AvgIpc) is 3.02. The molecule has 3 aromatic rings. The quantitative estimate of drug-likeness (QED) is 0.599. The highest BCUT2D eigenvalue weighted by molar-refractivity contribution is 5.77. The van der Waals surface area contributed by atoms with Crippen LogP contribution in [-0.4, -0.2) is 39.4 Å². The van der Waals surface area contributed by atoms with Gasteiger partial charge in [-0.3, -0.25) is 9.69 Å². The summed E-state index contributed by atoms with van der Waals surface area (Å²) in [7, 11) is 0. The molecule has 1 spiro atoms. The maximum Gasteiger partial charge on any atom is 0.321 e. The van der Waals surface area contributed by atoms with Gasteiger partial charge in [0.05, 0.1) is 5.54 Å². The lowest BCUT2D eigenvalue weighted by Crippen LogP contribution is -2.52. The molecule has 6 nitrogen and oxygen atoms in total. The van der Waals surface area contributed by atoms with Gasteiger partial charge in [0.25, 0.3) is 0 Å². The number of benzene rings is 2. The van der Waals surface area contributed by atoms with Gasteiger partial charge in [-0.2, -0.15) is 0 Å². The standard InChI is InChI=1S/C26H26F2N4O2/c27-20-12-19(13-21(28)14-20)23-16-32(17-26(23)8-2-1-7-24(33)31-26)15-18-5-3-6-22(11-18)34-25-29-9-4-10-30-25/h3-6,9-14,23H,1-2,7-8,15-17H2,(H,31,33)/t23-,26+/m0/s1. The number of halogens is 2. The summed E-state index contributed by atoms with van der Waals surface area (Å²) >= 11 is 0. The third kappa shape index (κ3) is 4.92. The highest BCUT2D eigenvalue weighted by Gasteiger charge is 2.48. The molecular formula is C26H26F2N4O2. The monoisotopic (exact) mass is 464 g/mol. The Hall–Kier alpha value is -3.39. The van der Waals surface area contributed by atoms with Crippen LogP contribution in [0.2, 0.25) is 0 Å². The van der Waals surface area contributed by atoms with Gasteiger partial charge >= 0.3 is 6.01 Å². The van der Waals surface area contributed by atoms with E-state index in [4.69, 9.17) is 4.74 Å². The summed E-state index contributed by atoms with van der Waals surface area (Å²) in [6.45, 7) is 1.79. The fourth-order valence-electron chi connectivity index (χ4n) is 5.25. The van der Waals surface area contributed by atoms with Gasteiger partial charge in [0.2, 0.25) is 5.91 Å². The van der Waals surface area contributed by atoms with Crippen LogP contribution in [0.3, 0.4) is 0 Å². The van der Waals surface area contributed by atoms with Crippen molar-refractivity contribution >= 4 is 5.91 Å². The first-order valence-electron chi connectivity index (χ1n) is 11.5. The predicted octanol–water partition coefficient (Wildman–Crippen LogP) is 4.58. The zero-order valence-electron chi connectivity index (χ0n) is 18.7. The Morgan fingerprint density at radius 1 is 1.06 bits per heavy atom. The van der Waals surface area contributed by atoms with Crippen molar-refractivity contribution in [3.8, 4) is 11.8 Å². The second kappa shape index (κ2) is 9.46. The van der Waals surface area contributed by atoms with Crippen LogP contribution in [0.1, 0.15) is 42.7 Å². The van der Waals surface area contributed by atoms with Crippen molar-refractivity contribution in [2.24, 2.45) is 0 Å². The number of aromatic nitrogens is 2. The zero-order valence-corrected chi connectivity index (χ0v) is 18.7. The highest BCUT2D eigenvalue weighted by Crippen LogP contribution is 2.42. The molecule has 176 valence electrons. The summed E-state index contributed by atoms with van der Waals surface area (Å²) in [4.78, 5) is 23.0. The van der Waals surface area contributed by atoms with Crippen LogP contribution in [0.15, 0.2) is 60.9 Å². The van der Waals surface area contributed by atoms with E-state index < -0.39 is 17.2 Å². The number of hydrogen-bond donors (Lipinski definition) is 1. The lowest BCUT2D eigenvalue weighted by Gasteiger charge is -2.35. The van der Waals surface area contributed by atoms with Gasteiger partial charge in [-0.1, -0.05) is 18.6 Å². The molecule has 2 fully saturated rings. The Morgan fingerprint density at radius 3 is 2.65 bits per heavy atom. The zero-order chi connectivity index (χ0) is 23.5. The maximum atomic E-state index is 14.1. The smallest absolute Gasteiger partial charge is 0.321 e. The number of nitrogens with one attached hydrogen (secondary N) is 1. The van der Waals surface area contributed by atoms with Crippen molar-refractivity contribution in [2.75, 3.05) is 13.1 Å². The summed E-state index contributed by atoms with van der Waals surface area (Å²) < 4.78 is 34.0. The molecule has 0 saturated carbocycles. The van der Waals surface area contributed by atoms with E-state index in [-0.39, 0.29) is 17.8 Å². The molecule has 1 N–H and O–H groups in total. The SMILES string of the molecule is O=C1CCCC[C@]2(CN(Cc3cccc(Oc4ncccn4)c3)C[C@H]2c2cc(F)cc(F)c2)N1. The Bertz CT molecular complexity index is 1160. The van der Waals surface area contributed by atoms with Crippen LogP contribution in [0, 0.1) is 11.6 Å². The Balaban J connectivity index is 1.40. The third-order valence-corrected chi connectivity index (χ3v) is 6.62. The maximum absolute atomic E-state index is 14.1. The minimum Gasteiger partial charge on any atom is -0.424 e. The number of hydrogen-bond acceptors (Lipinski definition) is 5. The largest absolute Gasteiger partial charge is 0.424 e. The molecule has 8 heteroatoms. The van der Waals surface area contributed by atoms with Crippen molar-refractivity contribution in [1.29, 1.82) is 0 Å². The molecule has 3 heterocycles. The number of carbonyl (C=O) groups excluding carboxylic acids is 1. The summed E-state index contributed by atoms with van der Waals surface area (Å²) in [5, 5.41) is 3.23. The van der Waals surface area contributed by atoms with Crippen molar-refractivity contribution in [2.45, 2.75) is 43.7 Å². The van der Waals surface area contributed by atoms with Crippen LogP contribution in [0.5, 0.6) is 11.8 Å². The fourth-order valence-corrected chi connectivity index (χ4v) is 5.25. The first-order valence-corrected chi connectivity index (χ1v) is 11.5. The van der Waals surface area contributed by atoms with E-state index in [1.165, 1.54) is 12.1 Å². The summed E-state index contributed by atoms with van der Waals surface area (Å²) in [5.41, 5.74) is 1.05. The molecule has 0 aliphatic carbocycles. The van der Waals surface area contributed by atoms with Gasteiger partial charge in [-0.05, 0) is 54.3 Å². The normalized spacial score (nSPS) is 23.0. The molecule has 5 rings (SSSR count). The summed E-state index contributed by atoms with van der Waals surface area (Å²) in [6, 6.07) is 13.4. The number of ether oxygens (including phenoxy) is 1. The van der Waals surface area contributed by atoms with Crippen molar-refractivity contribution in [3.63, 3.8) is 0 Å². The van der Waals surface area contributed by atoms with Gasteiger partial charge in [-0.25, -0.2) is 18.7 Å². The lowest BCUT2D eigenvalue weighted by molar-refractivity contribution is -0.122. The van der Waals surface area contributed by atoms with E-state index in [0.717, 1.165) is 30.9 Å². The molecule has 0 unspecified atom stereocenters. The van der Waals surface area contributed by atoms with E-state index in [0.29, 0.717) is 37.4 Å². The van der Waals surface area contributed by atoms with E-state index >= 15 is 0 Å². The van der Waals surface area contributed by atoms with Gasteiger partial charge in [0.15, 0.2) is 0 Å². The molecule has 34 heavy (non-hydrogen) atoms. The lowest BCUT2D eigenvalue weighted by atomic mass is 9.79. The van der Waals surface area contributed by atoms with Crippen LogP contribution in [-0.2, 0) is 11.3 Å². The predicted molar refractivity (Wildman–Crippen MR) is 122 cm³/mol.